The summed E-state index contributed by atoms with van der Waals surface area (Å²) in [5.74, 6) is 0.0803. The van der Waals surface area contributed by atoms with Gasteiger partial charge in [0.2, 0.25) is 5.91 Å². The van der Waals surface area contributed by atoms with Crippen LogP contribution in [0.1, 0.15) is 45.0 Å². The maximum absolute atomic E-state index is 13.1. The minimum atomic E-state index is -0.439. The highest BCUT2D eigenvalue weighted by Crippen LogP contribution is 2.36. The van der Waals surface area contributed by atoms with E-state index >= 15 is 0 Å². The fourth-order valence-corrected chi connectivity index (χ4v) is 4.78. The summed E-state index contributed by atoms with van der Waals surface area (Å²) < 4.78 is 6.50. The number of nitrogens with one attached hydrogen (secondary N) is 1. The van der Waals surface area contributed by atoms with Crippen molar-refractivity contribution in [1.29, 1.82) is 0 Å². The second-order valence-electron chi connectivity index (χ2n) is 7.72. The molecule has 32 heavy (non-hydrogen) atoms. The van der Waals surface area contributed by atoms with Crippen LogP contribution in [0.2, 0.25) is 0 Å². The Morgan fingerprint density at radius 2 is 1.97 bits per heavy atom. The molecule has 164 valence electrons. The predicted octanol–water partition coefficient (Wildman–Crippen LogP) is 3.64. The molecular weight excluding hydrogens is 426 g/mol. The second kappa shape index (κ2) is 9.00. The van der Waals surface area contributed by atoms with Gasteiger partial charge >= 0.3 is 5.97 Å². The SMILES string of the molecule is COC(=O)c1ccc([C@H]2CC(=O)Nc3c2c(=O)nc(SCc2cccc(C)c2)n3C)cc1. The van der Waals surface area contributed by atoms with E-state index in [-0.39, 0.29) is 17.9 Å². The summed E-state index contributed by atoms with van der Waals surface area (Å²) in [5, 5.41) is 3.39. The summed E-state index contributed by atoms with van der Waals surface area (Å²) in [6.45, 7) is 2.04. The highest BCUT2D eigenvalue weighted by Gasteiger charge is 2.32. The number of thioether (sulfide) groups is 1. The van der Waals surface area contributed by atoms with Crippen molar-refractivity contribution in [2.45, 2.75) is 30.2 Å². The van der Waals surface area contributed by atoms with Crippen LogP contribution in [0.15, 0.2) is 58.5 Å². The lowest BCUT2D eigenvalue weighted by atomic mass is 9.86. The third-order valence-corrected chi connectivity index (χ3v) is 6.59. The summed E-state index contributed by atoms with van der Waals surface area (Å²) >= 11 is 1.45. The molecule has 4 rings (SSSR count). The first-order valence-corrected chi connectivity index (χ1v) is 11.1. The van der Waals surface area contributed by atoms with Crippen molar-refractivity contribution in [2.24, 2.45) is 7.05 Å². The molecule has 1 atom stereocenters. The van der Waals surface area contributed by atoms with Crippen molar-refractivity contribution in [3.8, 4) is 0 Å². The molecule has 2 heterocycles. The predicted molar refractivity (Wildman–Crippen MR) is 123 cm³/mol. The molecule has 1 aromatic heterocycles. The number of aryl methyl sites for hydroxylation is 1. The Bertz CT molecular complexity index is 1250. The molecule has 8 heteroatoms. The van der Waals surface area contributed by atoms with Gasteiger partial charge < -0.3 is 14.6 Å². The van der Waals surface area contributed by atoms with E-state index in [9.17, 15) is 14.4 Å². The van der Waals surface area contributed by atoms with E-state index in [0.717, 1.165) is 11.1 Å². The van der Waals surface area contributed by atoms with Crippen LogP contribution in [-0.4, -0.2) is 28.5 Å². The van der Waals surface area contributed by atoms with E-state index in [2.05, 4.69) is 16.4 Å². The van der Waals surface area contributed by atoms with E-state index in [0.29, 0.717) is 27.9 Å². The molecular formula is C24H23N3O4S. The maximum atomic E-state index is 13.1. The lowest BCUT2D eigenvalue weighted by molar-refractivity contribution is -0.116. The van der Waals surface area contributed by atoms with Crippen molar-refractivity contribution in [1.82, 2.24) is 9.55 Å². The number of anilines is 1. The molecule has 0 saturated heterocycles. The highest BCUT2D eigenvalue weighted by atomic mass is 32.2. The Hall–Kier alpha value is -3.39. The number of fused-ring (bicyclic) bond motifs is 1. The van der Waals surface area contributed by atoms with Crippen molar-refractivity contribution < 1.29 is 14.3 Å². The van der Waals surface area contributed by atoms with Gasteiger partial charge in [-0.15, -0.1) is 0 Å². The number of methoxy groups -OCH3 is 1. The zero-order valence-corrected chi connectivity index (χ0v) is 18.9. The van der Waals surface area contributed by atoms with Crippen molar-refractivity contribution in [3.63, 3.8) is 0 Å². The fraction of sp³-hybridized carbons (Fsp3) is 0.250. The van der Waals surface area contributed by atoms with E-state index in [1.807, 2.05) is 25.1 Å². The Morgan fingerprint density at radius 1 is 1.22 bits per heavy atom. The lowest BCUT2D eigenvalue weighted by Gasteiger charge is -2.27. The standard InChI is InChI=1S/C24H23N3O4S/c1-14-5-4-6-15(11-14)13-32-24-26-22(29)20-18(12-19(28)25-21(20)27(24)2)16-7-9-17(10-8-16)23(30)31-3/h4-11,18H,12-13H2,1-3H3,(H,25,28)/t18-/m1/s1. The Labute approximate surface area is 189 Å². The van der Waals surface area contributed by atoms with E-state index in [4.69, 9.17) is 4.74 Å². The molecule has 0 aliphatic carbocycles. The number of carbonyl (C=O) groups excluding carboxylic acids is 2. The minimum absolute atomic E-state index is 0.136. The third kappa shape index (κ3) is 4.31. The zero-order valence-electron chi connectivity index (χ0n) is 18.0. The topological polar surface area (TPSA) is 90.3 Å². The molecule has 2 aromatic carbocycles. The van der Waals surface area contributed by atoms with Crippen LogP contribution >= 0.6 is 11.8 Å². The van der Waals surface area contributed by atoms with Crippen molar-refractivity contribution >= 4 is 29.5 Å². The van der Waals surface area contributed by atoms with Crippen LogP contribution in [0.25, 0.3) is 0 Å². The van der Waals surface area contributed by atoms with Crippen LogP contribution in [0, 0.1) is 6.92 Å². The van der Waals surface area contributed by atoms with Crippen LogP contribution in [0.3, 0.4) is 0 Å². The van der Waals surface area contributed by atoms with Gasteiger partial charge in [0.15, 0.2) is 5.16 Å². The van der Waals surface area contributed by atoms with E-state index < -0.39 is 11.9 Å². The van der Waals surface area contributed by atoms with Gasteiger partial charge in [-0.2, -0.15) is 4.98 Å². The first kappa shape index (κ1) is 21.8. The summed E-state index contributed by atoms with van der Waals surface area (Å²) in [4.78, 5) is 41.6. The molecule has 0 radical (unpaired) electrons. The van der Waals surface area contributed by atoms with E-state index in [1.54, 1.807) is 35.9 Å². The number of rotatable bonds is 5. The summed E-state index contributed by atoms with van der Waals surface area (Å²) in [6, 6.07) is 14.9. The van der Waals surface area contributed by atoms with Crippen molar-refractivity contribution in [3.05, 3.63) is 86.7 Å². The Kier molecular flexibility index (Phi) is 6.14. The molecule has 0 unspecified atom stereocenters. The largest absolute Gasteiger partial charge is 0.465 e. The normalized spacial score (nSPS) is 15.1. The average molecular weight is 450 g/mol. The molecule has 0 saturated carbocycles. The van der Waals surface area contributed by atoms with Crippen LogP contribution in [0.5, 0.6) is 0 Å². The number of nitrogens with zero attached hydrogens (tertiary/aromatic N) is 2. The smallest absolute Gasteiger partial charge is 0.337 e. The number of amides is 1. The molecule has 0 spiro atoms. The number of hydrogen-bond acceptors (Lipinski definition) is 6. The second-order valence-corrected chi connectivity index (χ2v) is 8.66. The maximum Gasteiger partial charge on any atom is 0.337 e. The molecule has 1 amide bonds. The van der Waals surface area contributed by atoms with Gasteiger partial charge in [-0.25, -0.2) is 4.79 Å². The molecule has 1 N–H and O–H groups in total. The van der Waals surface area contributed by atoms with Gasteiger partial charge in [-0.05, 0) is 30.2 Å². The quantitative estimate of drug-likeness (QED) is 0.363. The molecule has 7 nitrogen and oxygen atoms in total. The first-order valence-electron chi connectivity index (χ1n) is 10.1. The van der Waals surface area contributed by atoms with Crippen molar-refractivity contribution in [2.75, 3.05) is 12.4 Å². The lowest BCUT2D eigenvalue weighted by Crippen LogP contribution is -2.33. The van der Waals surface area contributed by atoms with Gasteiger partial charge in [0.25, 0.3) is 5.56 Å². The van der Waals surface area contributed by atoms with Crippen LogP contribution in [-0.2, 0) is 22.3 Å². The number of carbonyl (C=O) groups is 2. The average Bonchev–Trinajstić information content (AvgIpc) is 2.79. The fourth-order valence-electron chi connectivity index (χ4n) is 3.87. The van der Waals surface area contributed by atoms with Crippen LogP contribution in [0.4, 0.5) is 5.82 Å². The summed E-state index contributed by atoms with van der Waals surface area (Å²) in [6.07, 6.45) is 0.136. The first-order chi connectivity index (χ1) is 15.4. The number of aromatic nitrogens is 2. The van der Waals surface area contributed by atoms with E-state index in [1.165, 1.54) is 24.4 Å². The third-order valence-electron chi connectivity index (χ3n) is 5.49. The summed E-state index contributed by atoms with van der Waals surface area (Å²) in [7, 11) is 3.12. The summed E-state index contributed by atoms with van der Waals surface area (Å²) in [5.41, 5.74) is 3.58. The van der Waals surface area contributed by atoms with Gasteiger partial charge in [0.05, 0.1) is 18.2 Å². The Morgan fingerprint density at radius 3 is 2.66 bits per heavy atom. The minimum Gasteiger partial charge on any atom is -0.465 e. The van der Waals surface area contributed by atoms with Gasteiger partial charge in [0, 0.05) is 25.1 Å². The van der Waals surface area contributed by atoms with Gasteiger partial charge in [-0.1, -0.05) is 53.7 Å². The van der Waals surface area contributed by atoms with Gasteiger partial charge in [0.1, 0.15) is 5.82 Å². The Balaban J connectivity index is 1.68. The molecule has 3 aromatic rings. The monoisotopic (exact) mass is 449 g/mol. The molecule has 1 aliphatic heterocycles. The molecule has 1 aliphatic rings. The highest BCUT2D eigenvalue weighted by molar-refractivity contribution is 7.98. The number of ether oxygens (including phenoxy) is 1. The number of hydrogen-bond donors (Lipinski definition) is 1. The van der Waals surface area contributed by atoms with Gasteiger partial charge in [-0.3, -0.25) is 9.59 Å². The van der Waals surface area contributed by atoms with Crippen LogP contribution < -0.4 is 10.9 Å². The number of benzene rings is 2. The molecule has 0 bridgehead atoms. The number of esters is 1. The zero-order chi connectivity index (χ0) is 22.8. The molecule has 0 fully saturated rings.